The summed E-state index contributed by atoms with van der Waals surface area (Å²) in [6.45, 7) is -0.695. The van der Waals surface area contributed by atoms with Gasteiger partial charge in [0.15, 0.2) is 0 Å². The minimum absolute atomic E-state index is 0.0357. The summed E-state index contributed by atoms with van der Waals surface area (Å²) in [7, 11) is 3.18. The average molecular weight is 607 g/mol. The zero-order valence-electron chi connectivity index (χ0n) is 24.7. The molecule has 6 aromatic rings. The van der Waals surface area contributed by atoms with Gasteiger partial charge in [-0.2, -0.15) is 0 Å². The van der Waals surface area contributed by atoms with E-state index in [4.69, 9.17) is 14.2 Å². The molecule has 45 heavy (non-hydrogen) atoms. The van der Waals surface area contributed by atoms with Gasteiger partial charge in [-0.1, -0.05) is 54.6 Å². The maximum absolute atomic E-state index is 13.5. The Kier molecular flexibility index (Phi) is 7.92. The van der Waals surface area contributed by atoms with Crippen molar-refractivity contribution in [1.29, 1.82) is 0 Å². The molecule has 10 nitrogen and oxygen atoms in total. The predicted molar refractivity (Wildman–Crippen MR) is 170 cm³/mol. The van der Waals surface area contributed by atoms with Crippen LogP contribution >= 0.6 is 0 Å². The Morgan fingerprint density at radius 1 is 0.578 bits per heavy atom. The highest BCUT2D eigenvalue weighted by Crippen LogP contribution is 2.41. The first-order valence-corrected chi connectivity index (χ1v) is 14.3. The van der Waals surface area contributed by atoms with E-state index in [-0.39, 0.29) is 41.2 Å². The summed E-state index contributed by atoms with van der Waals surface area (Å²) in [5, 5.41) is 9.41. The Morgan fingerprint density at radius 2 is 0.978 bits per heavy atom. The topological polar surface area (TPSA) is 126 Å². The third kappa shape index (κ3) is 4.94. The number of hydrogen-bond acceptors (Lipinski definition) is 8. The molecule has 0 aliphatic heterocycles. The van der Waals surface area contributed by atoms with Gasteiger partial charge in [-0.05, 0) is 53.1 Å². The molecular formula is C35H30N2O8. The van der Waals surface area contributed by atoms with Gasteiger partial charge in [-0.15, -0.1) is 0 Å². The van der Waals surface area contributed by atoms with Crippen molar-refractivity contribution in [3.63, 3.8) is 0 Å². The van der Waals surface area contributed by atoms with Crippen molar-refractivity contribution in [2.24, 2.45) is 0 Å². The van der Waals surface area contributed by atoms with Gasteiger partial charge in [0.05, 0.1) is 62.1 Å². The van der Waals surface area contributed by atoms with Crippen molar-refractivity contribution in [3.8, 4) is 11.5 Å². The zero-order chi connectivity index (χ0) is 31.7. The SMILES string of the molecule is COc1ccc(C(OCCn2c(=O)c3cc4c(=O)n(CCO)c(=O)c4cc3c2=O)(c2ccccc2)c2ccc(OC)cc2)cc1. The molecule has 0 aliphatic carbocycles. The lowest BCUT2D eigenvalue weighted by atomic mass is 9.80. The summed E-state index contributed by atoms with van der Waals surface area (Å²) in [6.07, 6.45) is 0. The maximum atomic E-state index is 13.5. The normalized spacial score (nSPS) is 11.8. The van der Waals surface area contributed by atoms with E-state index >= 15 is 0 Å². The van der Waals surface area contributed by atoms with Gasteiger partial charge in [0.1, 0.15) is 17.1 Å². The number of aromatic nitrogens is 2. The van der Waals surface area contributed by atoms with Crippen LogP contribution in [0.25, 0.3) is 21.5 Å². The Bertz CT molecular complexity index is 2070. The van der Waals surface area contributed by atoms with E-state index in [1.165, 1.54) is 12.1 Å². The van der Waals surface area contributed by atoms with Gasteiger partial charge in [-0.25, -0.2) is 0 Å². The standard InChI is InChI=1S/C35H30N2O8/c1-43-25-12-8-23(9-13-25)35(22-6-4-3-5-7-22,24-10-14-26(44-2)15-11-24)45-19-17-37-33(41)29-20-27-28(21-30(29)34(37)42)32(40)36(16-18-38)31(27)39/h3-15,20-21,38H,16-19H2,1-2H3. The molecule has 0 aliphatic rings. The molecule has 228 valence electrons. The van der Waals surface area contributed by atoms with Gasteiger partial charge in [0.25, 0.3) is 22.2 Å². The number of benzene rings is 4. The lowest BCUT2D eigenvalue weighted by Gasteiger charge is -2.36. The number of ether oxygens (including phenoxy) is 3. The first-order chi connectivity index (χ1) is 21.8. The number of aliphatic hydroxyl groups excluding tert-OH is 1. The number of nitrogens with zero attached hydrogens (tertiary/aromatic N) is 2. The molecule has 6 rings (SSSR count). The smallest absolute Gasteiger partial charge is 0.261 e. The molecule has 0 unspecified atom stereocenters. The molecule has 0 radical (unpaired) electrons. The van der Waals surface area contributed by atoms with Gasteiger partial charge >= 0.3 is 0 Å². The van der Waals surface area contributed by atoms with E-state index in [1.54, 1.807) is 14.2 Å². The summed E-state index contributed by atoms with van der Waals surface area (Å²) in [6, 6.07) is 27.2. The second-order valence-corrected chi connectivity index (χ2v) is 10.5. The first kappa shape index (κ1) is 29.7. The van der Waals surface area contributed by atoms with E-state index in [9.17, 15) is 24.3 Å². The third-order valence-electron chi connectivity index (χ3n) is 8.19. The molecular weight excluding hydrogens is 576 g/mol. The van der Waals surface area contributed by atoms with Crippen LogP contribution < -0.4 is 31.7 Å². The fourth-order valence-electron chi connectivity index (χ4n) is 5.94. The zero-order valence-corrected chi connectivity index (χ0v) is 24.7. The molecule has 0 saturated heterocycles. The number of hydrogen-bond donors (Lipinski definition) is 1. The van der Waals surface area contributed by atoms with Gasteiger partial charge in [-0.3, -0.25) is 28.3 Å². The first-order valence-electron chi connectivity index (χ1n) is 14.3. The summed E-state index contributed by atoms with van der Waals surface area (Å²) in [4.78, 5) is 52.5. The van der Waals surface area contributed by atoms with Crippen molar-refractivity contribution in [2.45, 2.75) is 18.7 Å². The van der Waals surface area contributed by atoms with Crippen LogP contribution in [-0.2, 0) is 23.4 Å². The van der Waals surface area contributed by atoms with Crippen LogP contribution in [0.15, 0.2) is 110 Å². The predicted octanol–water partition coefficient (Wildman–Crippen LogP) is 2.93. The third-order valence-corrected chi connectivity index (χ3v) is 8.19. The van der Waals surface area contributed by atoms with Crippen molar-refractivity contribution in [1.82, 2.24) is 9.13 Å². The molecule has 0 spiro atoms. The monoisotopic (exact) mass is 606 g/mol. The molecule has 0 amide bonds. The van der Waals surface area contributed by atoms with Crippen LogP contribution in [0.5, 0.6) is 11.5 Å². The van der Waals surface area contributed by atoms with Gasteiger partial charge < -0.3 is 19.3 Å². The summed E-state index contributed by atoms with van der Waals surface area (Å²) >= 11 is 0. The van der Waals surface area contributed by atoms with Crippen LogP contribution in [0.3, 0.4) is 0 Å². The lowest BCUT2D eigenvalue weighted by Crippen LogP contribution is -2.36. The lowest BCUT2D eigenvalue weighted by molar-refractivity contribution is 0.00782. The minimum Gasteiger partial charge on any atom is -0.497 e. The second kappa shape index (κ2) is 12.0. The Balaban J connectivity index is 1.44. The van der Waals surface area contributed by atoms with Crippen LogP contribution in [0.1, 0.15) is 16.7 Å². The van der Waals surface area contributed by atoms with Crippen LogP contribution in [0.4, 0.5) is 0 Å². The minimum atomic E-state index is -1.14. The molecule has 0 atom stereocenters. The molecule has 1 N–H and O–H groups in total. The van der Waals surface area contributed by atoms with Crippen LogP contribution in [0.2, 0.25) is 0 Å². The highest BCUT2D eigenvalue weighted by Gasteiger charge is 2.38. The van der Waals surface area contributed by atoms with E-state index in [0.29, 0.717) is 11.5 Å². The molecule has 0 saturated carbocycles. The molecule has 2 aromatic heterocycles. The van der Waals surface area contributed by atoms with E-state index < -0.39 is 34.4 Å². The average Bonchev–Trinajstić information content (AvgIpc) is 3.46. The second-order valence-electron chi connectivity index (χ2n) is 10.5. The fraction of sp³-hybridized carbons (Fsp3) is 0.200. The fourth-order valence-corrected chi connectivity index (χ4v) is 5.94. The van der Waals surface area contributed by atoms with Crippen molar-refractivity contribution >= 4 is 21.5 Å². The molecule has 0 fully saturated rings. The van der Waals surface area contributed by atoms with Gasteiger partial charge in [0.2, 0.25) is 0 Å². The molecule has 10 heteroatoms. The highest BCUT2D eigenvalue weighted by molar-refractivity contribution is 5.97. The largest absolute Gasteiger partial charge is 0.497 e. The number of fused-ring (bicyclic) bond motifs is 2. The molecule has 0 bridgehead atoms. The van der Waals surface area contributed by atoms with Crippen molar-refractivity contribution in [2.75, 3.05) is 27.4 Å². The van der Waals surface area contributed by atoms with Crippen molar-refractivity contribution in [3.05, 3.63) is 149 Å². The number of aliphatic hydroxyl groups is 1. The quantitative estimate of drug-likeness (QED) is 0.223. The molecule has 4 aromatic carbocycles. The van der Waals surface area contributed by atoms with Gasteiger partial charge in [0, 0.05) is 0 Å². The summed E-state index contributed by atoms with van der Waals surface area (Å²) < 4.78 is 19.5. The Morgan fingerprint density at radius 3 is 1.38 bits per heavy atom. The van der Waals surface area contributed by atoms with E-state index in [0.717, 1.165) is 25.8 Å². The van der Waals surface area contributed by atoms with E-state index in [1.807, 2.05) is 78.9 Å². The Labute approximate surface area is 256 Å². The van der Waals surface area contributed by atoms with E-state index in [2.05, 4.69) is 0 Å². The summed E-state index contributed by atoms with van der Waals surface area (Å²) in [5.74, 6) is 1.34. The Hall–Kier alpha value is -5.32. The maximum Gasteiger partial charge on any atom is 0.261 e. The molecule has 2 heterocycles. The number of rotatable bonds is 11. The van der Waals surface area contributed by atoms with Crippen molar-refractivity contribution < 1.29 is 19.3 Å². The highest BCUT2D eigenvalue weighted by atomic mass is 16.5. The number of methoxy groups -OCH3 is 2. The van der Waals surface area contributed by atoms with Crippen LogP contribution in [-0.4, -0.2) is 41.7 Å². The summed E-state index contributed by atoms with van der Waals surface area (Å²) in [5.41, 5.74) is -1.12. The van der Waals surface area contributed by atoms with Crippen LogP contribution in [0, 0.1) is 0 Å².